The Labute approximate surface area is 90.4 Å². The Morgan fingerprint density at radius 3 is 2.80 bits per heavy atom. The molecule has 5 nitrogen and oxygen atoms in total. The van der Waals surface area contributed by atoms with Crippen LogP contribution >= 0.6 is 0 Å². The van der Waals surface area contributed by atoms with Gasteiger partial charge in [0.25, 0.3) is 0 Å². The van der Waals surface area contributed by atoms with Crippen LogP contribution < -0.4 is 10.6 Å². The van der Waals surface area contributed by atoms with E-state index < -0.39 is 0 Å². The fraction of sp³-hybridized carbons (Fsp3) is 0.800. The third-order valence-corrected chi connectivity index (χ3v) is 2.49. The predicted octanol–water partition coefficient (Wildman–Crippen LogP) is -0.690. The molecule has 0 aromatic heterocycles. The Morgan fingerprint density at radius 2 is 2.27 bits per heavy atom. The lowest BCUT2D eigenvalue weighted by Crippen LogP contribution is -2.49. The molecule has 84 valence electrons. The minimum atomic E-state index is -0.279. The highest BCUT2D eigenvalue weighted by molar-refractivity contribution is 5.76. The zero-order valence-corrected chi connectivity index (χ0v) is 9.12. The van der Waals surface area contributed by atoms with Gasteiger partial charge in [0.2, 0.25) is 5.91 Å². The molecule has 1 saturated heterocycles. The van der Waals surface area contributed by atoms with E-state index in [-0.39, 0.29) is 18.4 Å². The van der Waals surface area contributed by atoms with E-state index in [1.54, 1.807) is 0 Å². The van der Waals surface area contributed by atoms with Gasteiger partial charge in [-0.05, 0) is 6.92 Å². The zero-order valence-electron chi connectivity index (χ0n) is 9.12. The van der Waals surface area contributed by atoms with E-state index >= 15 is 0 Å². The summed E-state index contributed by atoms with van der Waals surface area (Å²) in [5.41, 5.74) is 0. The molecule has 15 heavy (non-hydrogen) atoms. The topological polar surface area (TPSA) is 68.2 Å². The lowest BCUT2D eigenvalue weighted by molar-refractivity contribution is -0.121. The first-order chi connectivity index (χ1) is 7.27. The van der Waals surface area contributed by atoms with Crippen LogP contribution in [0, 0.1) is 11.3 Å². The lowest BCUT2D eigenvalue weighted by atomic mass is 10.1. The van der Waals surface area contributed by atoms with Gasteiger partial charge in [0, 0.05) is 32.7 Å². The van der Waals surface area contributed by atoms with Gasteiger partial charge in [-0.3, -0.25) is 9.69 Å². The van der Waals surface area contributed by atoms with Crippen molar-refractivity contribution in [1.82, 2.24) is 15.5 Å². The molecule has 1 atom stereocenters. The van der Waals surface area contributed by atoms with Crippen LogP contribution in [0.2, 0.25) is 0 Å². The molecule has 0 saturated carbocycles. The Morgan fingerprint density at radius 1 is 1.60 bits per heavy atom. The summed E-state index contributed by atoms with van der Waals surface area (Å²) in [5.74, 6) is -0.0393. The minimum absolute atomic E-state index is 0.0393. The molecule has 1 fully saturated rings. The Hall–Kier alpha value is -1.12. The van der Waals surface area contributed by atoms with Crippen LogP contribution in [0.5, 0.6) is 0 Å². The summed E-state index contributed by atoms with van der Waals surface area (Å²) in [4.78, 5) is 13.4. The van der Waals surface area contributed by atoms with Gasteiger partial charge in [-0.2, -0.15) is 5.26 Å². The van der Waals surface area contributed by atoms with Crippen molar-refractivity contribution in [1.29, 1.82) is 5.26 Å². The smallest absolute Gasteiger partial charge is 0.222 e. The Kier molecular flexibility index (Phi) is 5.08. The minimum Gasteiger partial charge on any atom is -0.356 e. The molecule has 1 aliphatic heterocycles. The standard InChI is InChI=1S/C10H18N4O/c1-2-13-10(15)7-9(8-11)14-5-3-12-4-6-14/h9,12H,2-7H2,1H3,(H,13,15). The van der Waals surface area contributed by atoms with Gasteiger partial charge in [-0.1, -0.05) is 0 Å². The second kappa shape index (κ2) is 6.38. The summed E-state index contributed by atoms with van der Waals surface area (Å²) in [5, 5.41) is 14.9. The normalized spacial score (nSPS) is 19.2. The van der Waals surface area contributed by atoms with Crippen LogP contribution in [-0.2, 0) is 4.79 Å². The van der Waals surface area contributed by atoms with Crippen molar-refractivity contribution < 1.29 is 4.79 Å². The number of piperazine rings is 1. The Bertz CT molecular complexity index is 242. The van der Waals surface area contributed by atoms with Crippen molar-refractivity contribution >= 4 is 5.91 Å². The number of nitrogens with one attached hydrogen (secondary N) is 2. The summed E-state index contributed by atoms with van der Waals surface area (Å²) in [7, 11) is 0. The molecule has 1 unspecified atom stereocenters. The maximum absolute atomic E-state index is 11.4. The largest absolute Gasteiger partial charge is 0.356 e. The summed E-state index contributed by atoms with van der Waals surface area (Å²) in [6, 6.07) is 1.92. The average molecular weight is 210 g/mol. The fourth-order valence-electron chi connectivity index (χ4n) is 1.70. The highest BCUT2D eigenvalue weighted by Crippen LogP contribution is 2.04. The number of carbonyl (C=O) groups excluding carboxylic acids is 1. The second-order valence-electron chi connectivity index (χ2n) is 3.59. The highest BCUT2D eigenvalue weighted by atomic mass is 16.1. The first-order valence-corrected chi connectivity index (χ1v) is 5.39. The van der Waals surface area contributed by atoms with Gasteiger partial charge in [0.1, 0.15) is 6.04 Å². The number of hydrogen-bond donors (Lipinski definition) is 2. The van der Waals surface area contributed by atoms with E-state index in [1.165, 1.54) is 0 Å². The summed E-state index contributed by atoms with van der Waals surface area (Å²) in [6.45, 7) is 5.99. The number of hydrogen-bond acceptors (Lipinski definition) is 4. The molecule has 1 aliphatic rings. The maximum Gasteiger partial charge on any atom is 0.222 e. The third-order valence-electron chi connectivity index (χ3n) is 2.49. The molecule has 0 bridgehead atoms. The number of rotatable bonds is 4. The molecular formula is C10H18N4O. The molecule has 0 spiro atoms. The molecule has 2 N–H and O–H groups in total. The molecule has 1 amide bonds. The summed E-state index contributed by atoms with van der Waals surface area (Å²) >= 11 is 0. The van der Waals surface area contributed by atoms with Crippen molar-refractivity contribution in [3.63, 3.8) is 0 Å². The molecule has 5 heteroatoms. The van der Waals surface area contributed by atoms with E-state index in [2.05, 4.69) is 21.6 Å². The van der Waals surface area contributed by atoms with Gasteiger partial charge in [0.05, 0.1) is 12.5 Å². The van der Waals surface area contributed by atoms with Crippen molar-refractivity contribution in [2.45, 2.75) is 19.4 Å². The number of carbonyl (C=O) groups is 1. The molecule has 0 aliphatic carbocycles. The van der Waals surface area contributed by atoms with Crippen molar-refractivity contribution in [2.75, 3.05) is 32.7 Å². The lowest BCUT2D eigenvalue weighted by Gasteiger charge is -2.30. The SMILES string of the molecule is CCNC(=O)CC(C#N)N1CCNCC1. The van der Waals surface area contributed by atoms with Crippen molar-refractivity contribution in [3.05, 3.63) is 0 Å². The number of nitrogens with zero attached hydrogens (tertiary/aromatic N) is 2. The van der Waals surface area contributed by atoms with E-state index in [4.69, 9.17) is 5.26 Å². The van der Waals surface area contributed by atoms with E-state index in [9.17, 15) is 4.79 Å². The average Bonchev–Trinajstić information content (AvgIpc) is 2.27. The monoisotopic (exact) mass is 210 g/mol. The molecule has 0 radical (unpaired) electrons. The summed E-state index contributed by atoms with van der Waals surface area (Å²) in [6.07, 6.45) is 0.282. The van der Waals surface area contributed by atoms with E-state index in [0.717, 1.165) is 26.2 Å². The quantitative estimate of drug-likeness (QED) is 0.644. The van der Waals surface area contributed by atoms with Gasteiger partial charge in [-0.25, -0.2) is 0 Å². The van der Waals surface area contributed by atoms with Crippen molar-refractivity contribution in [2.24, 2.45) is 0 Å². The van der Waals surface area contributed by atoms with Gasteiger partial charge >= 0.3 is 0 Å². The van der Waals surface area contributed by atoms with Crippen molar-refractivity contribution in [3.8, 4) is 6.07 Å². The Balaban J connectivity index is 2.41. The third kappa shape index (κ3) is 3.86. The molecular weight excluding hydrogens is 192 g/mol. The van der Waals surface area contributed by atoms with Crippen LogP contribution in [0.25, 0.3) is 0 Å². The van der Waals surface area contributed by atoms with E-state index in [0.29, 0.717) is 6.54 Å². The molecule has 1 rings (SSSR count). The van der Waals surface area contributed by atoms with Crippen LogP contribution in [0.4, 0.5) is 0 Å². The highest BCUT2D eigenvalue weighted by Gasteiger charge is 2.22. The predicted molar refractivity (Wildman–Crippen MR) is 57.1 cm³/mol. The maximum atomic E-state index is 11.4. The molecule has 0 aromatic rings. The molecule has 0 aromatic carbocycles. The van der Waals surface area contributed by atoms with Crippen LogP contribution in [0.15, 0.2) is 0 Å². The number of amides is 1. The van der Waals surface area contributed by atoms with Gasteiger partial charge in [-0.15, -0.1) is 0 Å². The first-order valence-electron chi connectivity index (χ1n) is 5.39. The van der Waals surface area contributed by atoms with Gasteiger partial charge in [0.15, 0.2) is 0 Å². The van der Waals surface area contributed by atoms with E-state index in [1.807, 2.05) is 6.92 Å². The van der Waals surface area contributed by atoms with Crippen LogP contribution in [0.1, 0.15) is 13.3 Å². The fourth-order valence-corrected chi connectivity index (χ4v) is 1.70. The summed E-state index contributed by atoms with van der Waals surface area (Å²) < 4.78 is 0. The van der Waals surface area contributed by atoms with Crippen LogP contribution in [0.3, 0.4) is 0 Å². The zero-order chi connectivity index (χ0) is 11.1. The van der Waals surface area contributed by atoms with Gasteiger partial charge < -0.3 is 10.6 Å². The number of nitriles is 1. The second-order valence-corrected chi connectivity index (χ2v) is 3.59. The van der Waals surface area contributed by atoms with Crippen LogP contribution in [-0.4, -0.2) is 49.6 Å². The first kappa shape index (κ1) is 12.0. The molecule has 1 heterocycles.